The second-order valence-corrected chi connectivity index (χ2v) is 6.19. The molecule has 0 atom stereocenters. The van der Waals surface area contributed by atoms with Gasteiger partial charge in [0.25, 0.3) is 0 Å². The first-order valence-electron chi connectivity index (χ1n) is 6.70. The van der Waals surface area contributed by atoms with Gasteiger partial charge in [-0.15, -0.1) is 0 Å². The fraction of sp³-hybridized carbons (Fsp3) is 0.643. The molecule has 0 aromatic carbocycles. The lowest BCUT2D eigenvalue weighted by Gasteiger charge is -2.26. The van der Waals surface area contributed by atoms with Crippen LogP contribution in [0.4, 0.5) is 5.95 Å². The zero-order chi connectivity index (χ0) is 14.6. The van der Waals surface area contributed by atoms with Crippen molar-refractivity contribution in [3.63, 3.8) is 0 Å². The van der Waals surface area contributed by atoms with Gasteiger partial charge in [0.2, 0.25) is 5.95 Å². The molecule has 0 fully saturated rings. The number of rotatable bonds is 6. The maximum absolute atomic E-state index is 5.68. The largest absolute Gasteiger partial charge is 0.388 e. The molecule has 2 N–H and O–H groups in total. The summed E-state index contributed by atoms with van der Waals surface area (Å²) in [7, 11) is 0. The van der Waals surface area contributed by atoms with Gasteiger partial charge in [0, 0.05) is 18.8 Å². The molecule has 0 aliphatic carbocycles. The van der Waals surface area contributed by atoms with Gasteiger partial charge in [-0.25, -0.2) is 9.97 Å². The molecule has 0 unspecified atom stereocenters. The van der Waals surface area contributed by atoms with E-state index in [1.54, 1.807) is 0 Å². The van der Waals surface area contributed by atoms with Gasteiger partial charge >= 0.3 is 0 Å². The van der Waals surface area contributed by atoms with Crippen molar-refractivity contribution < 1.29 is 0 Å². The summed E-state index contributed by atoms with van der Waals surface area (Å²) in [5.41, 5.74) is 7.22. The van der Waals surface area contributed by atoms with E-state index in [4.69, 9.17) is 18.0 Å². The summed E-state index contributed by atoms with van der Waals surface area (Å²) in [6.45, 7) is 12.6. The number of hydrogen-bond acceptors (Lipinski definition) is 4. The van der Waals surface area contributed by atoms with Crippen LogP contribution in [0.5, 0.6) is 0 Å². The van der Waals surface area contributed by atoms with Crippen molar-refractivity contribution in [1.82, 2.24) is 9.97 Å². The lowest BCUT2D eigenvalue weighted by atomic mass is 10.1. The molecule has 1 heterocycles. The first-order chi connectivity index (χ1) is 8.79. The molecule has 4 nitrogen and oxygen atoms in total. The fourth-order valence-corrected chi connectivity index (χ4v) is 2.04. The summed E-state index contributed by atoms with van der Waals surface area (Å²) < 4.78 is 0. The van der Waals surface area contributed by atoms with Crippen LogP contribution in [0.3, 0.4) is 0 Å². The number of aromatic nitrogens is 2. The first-order valence-corrected chi connectivity index (χ1v) is 7.10. The van der Waals surface area contributed by atoms with Crippen molar-refractivity contribution in [2.24, 2.45) is 17.6 Å². The van der Waals surface area contributed by atoms with Gasteiger partial charge in [0.05, 0.1) is 0 Å². The van der Waals surface area contributed by atoms with Gasteiger partial charge < -0.3 is 10.6 Å². The molecule has 0 radical (unpaired) electrons. The Labute approximate surface area is 121 Å². The van der Waals surface area contributed by atoms with Gasteiger partial charge in [-0.1, -0.05) is 39.9 Å². The zero-order valence-corrected chi connectivity index (χ0v) is 13.3. The summed E-state index contributed by atoms with van der Waals surface area (Å²) in [5, 5.41) is 0. The van der Waals surface area contributed by atoms with Crippen LogP contribution < -0.4 is 10.6 Å². The van der Waals surface area contributed by atoms with Crippen LogP contribution in [0, 0.1) is 18.8 Å². The molecule has 19 heavy (non-hydrogen) atoms. The first kappa shape index (κ1) is 15.8. The van der Waals surface area contributed by atoms with Gasteiger partial charge in [-0.05, 0) is 24.8 Å². The predicted octanol–water partition coefficient (Wildman–Crippen LogP) is 2.54. The van der Waals surface area contributed by atoms with Gasteiger partial charge in [-0.2, -0.15) is 0 Å². The summed E-state index contributed by atoms with van der Waals surface area (Å²) >= 11 is 5.01. The number of nitrogens with zero attached hydrogens (tertiary/aromatic N) is 3. The Kier molecular flexibility index (Phi) is 5.66. The van der Waals surface area contributed by atoms with Gasteiger partial charge in [-0.3, -0.25) is 0 Å². The van der Waals surface area contributed by atoms with E-state index in [9.17, 15) is 0 Å². The van der Waals surface area contributed by atoms with Crippen LogP contribution in [-0.2, 0) is 0 Å². The normalized spacial score (nSPS) is 11.1. The maximum Gasteiger partial charge on any atom is 0.226 e. The third-order valence-corrected chi connectivity index (χ3v) is 2.76. The molecule has 0 spiro atoms. The lowest BCUT2D eigenvalue weighted by Crippen LogP contribution is -2.33. The molecule has 1 rings (SSSR count). The summed E-state index contributed by atoms with van der Waals surface area (Å²) in [6, 6.07) is 1.83. The number of thiocarbonyl (C=S) groups is 1. The highest BCUT2D eigenvalue weighted by molar-refractivity contribution is 7.80. The SMILES string of the molecule is Cc1cc(C(N)=S)nc(N(CC(C)C)CC(C)C)n1. The molecule has 106 valence electrons. The van der Waals surface area contributed by atoms with Crippen molar-refractivity contribution in [3.05, 3.63) is 17.5 Å². The molecule has 0 amide bonds. The minimum atomic E-state index is 0.320. The Bertz CT molecular complexity index is 433. The minimum Gasteiger partial charge on any atom is -0.388 e. The quantitative estimate of drug-likeness (QED) is 0.812. The molecule has 1 aromatic heterocycles. The zero-order valence-electron chi connectivity index (χ0n) is 12.5. The molecule has 5 heteroatoms. The monoisotopic (exact) mass is 280 g/mol. The standard InChI is InChI=1S/C14H24N4S/c1-9(2)7-18(8-10(3)4)14-16-11(5)6-12(17-14)13(15)19/h6,9-10H,7-8H2,1-5H3,(H2,15,19). The van der Waals surface area contributed by atoms with Crippen molar-refractivity contribution in [3.8, 4) is 0 Å². The summed E-state index contributed by atoms with van der Waals surface area (Å²) in [5.74, 6) is 1.83. The second-order valence-electron chi connectivity index (χ2n) is 5.75. The number of aryl methyl sites for hydroxylation is 1. The average molecular weight is 280 g/mol. The van der Waals surface area contributed by atoms with Crippen molar-refractivity contribution >= 4 is 23.2 Å². The number of hydrogen-bond donors (Lipinski definition) is 1. The Balaban J connectivity index is 3.09. The lowest BCUT2D eigenvalue weighted by molar-refractivity contribution is 0.543. The van der Waals surface area contributed by atoms with E-state index in [0.717, 1.165) is 24.7 Å². The Morgan fingerprint density at radius 3 is 2.16 bits per heavy atom. The third-order valence-electron chi connectivity index (χ3n) is 2.55. The highest BCUT2D eigenvalue weighted by Gasteiger charge is 2.15. The Morgan fingerprint density at radius 1 is 1.21 bits per heavy atom. The highest BCUT2D eigenvalue weighted by Crippen LogP contribution is 2.14. The molecule has 0 bridgehead atoms. The Morgan fingerprint density at radius 2 is 1.74 bits per heavy atom. The molecule has 0 aliphatic heterocycles. The van der Waals surface area contributed by atoms with Gasteiger partial charge in [0.1, 0.15) is 10.7 Å². The smallest absolute Gasteiger partial charge is 0.226 e. The van der Waals surface area contributed by atoms with E-state index in [2.05, 4.69) is 42.6 Å². The topological polar surface area (TPSA) is 55.0 Å². The fourth-order valence-electron chi connectivity index (χ4n) is 1.94. The van der Waals surface area contributed by atoms with Crippen molar-refractivity contribution in [2.45, 2.75) is 34.6 Å². The van der Waals surface area contributed by atoms with E-state index in [-0.39, 0.29) is 0 Å². The molecule has 0 aliphatic rings. The van der Waals surface area contributed by atoms with Crippen LogP contribution in [0.25, 0.3) is 0 Å². The number of anilines is 1. The third kappa shape index (κ3) is 5.11. The number of nitrogens with two attached hydrogens (primary N) is 1. The van der Waals surface area contributed by atoms with E-state index in [1.807, 2.05) is 13.0 Å². The van der Waals surface area contributed by atoms with Crippen LogP contribution in [0.1, 0.15) is 39.1 Å². The Hall–Kier alpha value is -1.23. The molecule has 0 saturated heterocycles. The molecular weight excluding hydrogens is 256 g/mol. The molecular formula is C14H24N4S. The minimum absolute atomic E-state index is 0.320. The predicted molar refractivity (Wildman–Crippen MR) is 84.5 cm³/mol. The van der Waals surface area contributed by atoms with Crippen molar-refractivity contribution in [1.29, 1.82) is 0 Å². The second kappa shape index (κ2) is 6.80. The van der Waals surface area contributed by atoms with Crippen LogP contribution in [-0.4, -0.2) is 28.0 Å². The van der Waals surface area contributed by atoms with E-state index >= 15 is 0 Å². The average Bonchev–Trinajstić information content (AvgIpc) is 2.25. The highest BCUT2D eigenvalue weighted by atomic mass is 32.1. The van der Waals surface area contributed by atoms with Crippen LogP contribution >= 0.6 is 12.2 Å². The van der Waals surface area contributed by atoms with E-state index < -0.39 is 0 Å². The van der Waals surface area contributed by atoms with Crippen LogP contribution in [0.15, 0.2) is 6.07 Å². The summed E-state index contributed by atoms with van der Waals surface area (Å²) in [6.07, 6.45) is 0. The van der Waals surface area contributed by atoms with E-state index in [0.29, 0.717) is 22.5 Å². The van der Waals surface area contributed by atoms with Crippen molar-refractivity contribution in [2.75, 3.05) is 18.0 Å². The van der Waals surface area contributed by atoms with Crippen LogP contribution in [0.2, 0.25) is 0 Å². The molecule has 0 saturated carbocycles. The van der Waals surface area contributed by atoms with E-state index in [1.165, 1.54) is 0 Å². The molecule has 1 aromatic rings. The maximum atomic E-state index is 5.68. The summed E-state index contributed by atoms with van der Waals surface area (Å²) in [4.78, 5) is 11.5. The van der Waals surface area contributed by atoms with Gasteiger partial charge in [0.15, 0.2) is 0 Å².